The molecule has 0 spiro atoms. The van der Waals surface area contributed by atoms with Gasteiger partial charge in [-0.05, 0) is 0 Å². The Morgan fingerprint density at radius 2 is 2.14 bits per heavy atom. The van der Waals surface area contributed by atoms with Crippen LogP contribution in [0.3, 0.4) is 0 Å². The maximum absolute atomic E-state index is 6.59. The quantitative estimate of drug-likeness (QED) is 0.337. The molecule has 3 N–H and O–H groups in total. The van der Waals surface area contributed by atoms with Gasteiger partial charge in [0.05, 0.1) is 5.84 Å². The Labute approximate surface area is 54.0 Å². The molecule has 0 fully saturated rings. The predicted octanol–water partition coefficient (Wildman–Crippen LogP) is 0.973. The molecule has 0 bridgehead atoms. The maximum atomic E-state index is 6.59. The summed E-state index contributed by atoms with van der Waals surface area (Å²) in [6, 6.07) is 0. The second kappa shape index (κ2) is 6.05. The lowest BCUT2D eigenvalue weighted by atomic mass is 10.5. The lowest BCUT2D eigenvalue weighted by molar-refractivity contribution is 1.22. The van der Waals surface area contributed by atoms with Gasteiger partial charge in [-0.1, -0.05) is 0 Å². The molecule has 0 aromatic carbocycles. The maximum Gasteiger partial charge on any atom is 0.0917 e. The molecule has 0 aliphatic carbocycles. The van der Waals surface area contributed by atoms with E-state index in [9.17, 15) is 0 Å². The van der Waals surface area contributed by atoms with Crippen molar-refractivity contribution in [2.45, 2.75) is 6.42 Å². The van der Waals surface area contributed by atoms with Crippen LogP contribution < -0.4 is 5.73 Å². The monoisotopic (exact) mass is 142 g/mol. The van der Waals surface area contributed by atoms with Gasteiger partial charge in [0, 0.05) is 12.3 Å². The minimum atomic E-state index is 0. The van der Waals surface area contributed by atoms with Crippen LogP contribution in [-0.2, 0) is 0 Å². The second-order valence-electron chi connectivity index (χ2n) is 0.964. The molecule has 0 rings (SSSR count). The number of nitrogens with one attached hydrogen (secondary N) is 1. The van der Waals surface area contributed by atoms with E-state index in [2.05, 4.69) is 0 Å². The van der Waals surface area contributed by atoms with Crippen molar-refractivity contribution in [1.82, 2.24) is 0 Å². The summed E-state index contributed by atoms with van der Waals surface area (Å²) in [7, 11) is 0. The minimum absolute atomic E-state index is 0. The Morgan fingerprint density at radius 3 is 2.14 bits per heavy atom. The number of hydrogen-bond donors (Lipinski definition) is 2. The zero-order valence-electron chi connectivity index (χ0n) is 3.78. The highest BCUT2D eigenvalue weighted by atomic mass is 35.5. The summed E-state index contributed by atoms with van der Waals surface area (Å²) >= 11 is 5.18. The van der Waals surface area contributed by atoms with Crippen molar-refractivity contribution < 1.29 is 0 Å². The molecule has 7 heavy (non-hydrogen) atoms. The average Bonchev–Trinajstić information content (AvgIpc) is 1.35. The fourth-order valence-corrected chi connectivity index (χ4v) is 0.305. The van der Waals surface area contributed by atoms with Crippen LogP contribution >= 0.6 is 24.0 Å². The zero-order chi connectivity index (χ0) is 4.99. The van der Waals surface area contributed by atoms with Crippen molar-refractivity contribution >= 4 is 29.8 Å². The Morgan fingerprint density at radius 1 is 1.71 bits per heavy atom. The SMILES string of the molecule is Cl.N=C(N)CCCl. The van der Waals surface area contributed by atoms with Crippen LogP contribution in [0.4, 0.5) is 0 Å². The summed E-state index contributed by atoms with van der Waals surface area (Å²) in [5.74, 6) is 0.611. The van der Waals surface area contributed by atoms with E-state index in [1.165, 1.54) is 0 Å². The van der Waals surface area contributed by atoms with Crippen LogP contribution in [0.1, 0.15) is 6.42 Å². The summed E-state index contributed by atoms with van der Waals surface area (Å²) < 4.78 is 0. The summed E-state index contributed by atoms with van der Waals surface area (Å²) in [6.07, 6.45) is 0.502. The molecule has 0 amide bonds. The summed E-state index contributed by atoms with van der Waals surface area (Å²) in [5, 5.41) is 6.59. The third-order valence-electron chi connectivity index (χ3n) is 0.364. The molecule has 0 aliphatic rings. The summed E-state index contributed by atoms with van der Waals surface area (Å²) in [4.78, 5) is 0. The van der Waals surface area contributed by atoms with E-state index in [0.717, 1.165) is 0 Å². The van der Waals surface area contributed by atoms with Gasteiger partial charge in [-0.3, -0.25) is 5.41 Å². The predicted molar refractivity (Wildman–Crippen MR) is 34.5 cm³/mol. The van der Waals surface area contributed by atoms with Crippen molar-refractivity contribution in [3.63, 3.8) is 0 Å². The first-order valence-electron chi connectivity index (χ1n) is 1.66. The molecule has 4 heteroatoms. The standard InChI is InChI=1S/C3H7ClN2.ClH/c4-2-1-3(5)6;/h1-2H2,(H3,5,6);1H. The molecule has 0 saturated carbocycles. The van der Waals surface area contributed by atoms with Crippen LogP contribution in [0.5, 0.6) is 0 Å². The van der Waals surface area contributed by atoms with Crippen molar-refractivity contribution in [2.75, 3.05) is 5.88 Å². The van der Waals surface area contributed by atoms with E-state index >= 15 is 0 Å². The smallest absolute Gasteiger partial charge is 0.0917 e. The van der Waals surface area contributed by atoms with Gasteiger partial charge in [-0.25, -0.2) is 0 Å². The molecular weight excluding hydrogens is 135 g/mol. The molecule has 0 heterocycles. The fraction of sp³-hybridized carbons (Fsp3) is 0.667. The highest BCUT2D eigenvalue weighted by Crippen LogP contribution is 1.79. The Kier molecular flexibility index (Phi) is 8.75. The number of amidine groups is 1. The lowest BCUT2D eigenvalue weighted by Gasteiger charge is -1.84. The average molecular weight is 143 g/mol. The number of rotatable bonds is 2. The van der Waals surface area contributed by atoms with E-state index in [1.807, 2.05) is 0 Å². The second-order valence-corrected chi connectivity index (χ2v) is 1.34. The molecule has 0 aromatic rings. The highest BCUT2D eigenvalue weighted by molar-refractivity contribution is 6.18. The molecular formula is C3H8Cl2N2. The molecule has 2 nitrogen and oxygen atoms in total. The third kappa shape index (κ3) is 10.7. The highest BCUT2D eigenvalue weighted by Gasteiger charge is 1.80. The fourth-order valence-electron chi connectivity index (χ4n) is 0.102. The van der Waals surface area contributed by atoms with Gasteiger partial charge in [-0.2, -0.15) is 0 Å². The Balaban J connectivity index is 0. The normalized spacial score (nSPS) is 7.00. The van der Waals surface area contributed by atoms with E-state index in [4.69, 9.17) is 22.7 Å². The largest absolute Gasteiger partial charge is 0.388 e. The van der Waals surface area contributed by atoms with Crippen molar-refractivity contribution in [3.05, 3.63) is 0 Å². The van der Waals surface area contributed by atoms with Gasteiger partial charge in [-0.15, -0.1) is 24.0 Å². The first-order chi connectivity index (χ1) is 2.77. The lowest BCUT2D eigenvalue weighted by Crippen LogP contribution is -2.08. The van der Waals surface area contributed by atoms with Crippen LogP contribution in [0.15, 0.2) is 0 Å². The van der Waals surface area contributed by atoms with Gasteiger partial charge in [0.1, 0.15) is 0 Å². The minimum Gasteiger partial charge on any atom is -0.388 e. The third-order valence-corrected chi connectivity index (χ3v) is 0.553. The first kappa shape index (κ1) is 10.1. The van der Waals surface area contributed by atoms with Gasteiger partial charge in [0.2, 0.25) is 0 Å². The topological polar surface area (TPSA) is 49.9 Å². The molecule has 0 saturated heterocycles. The first-order valence-corrected chi connectivity index (χ1v) is 2.19. The number of nitrogens with two attached hydrogens (primary N) is 1. The van der Waals surface area contributed by atoms with Crippen molar-refractivity contribution in [2.24, 2.45) is 5.73 Å². The Hall–Kier alpha value is 0.0500. The molecule has 0 aliphatic heterocycles. The van der Waals surface area contributed by atoms with Gasteiger partial charge in [0.25, 0.3) is 0 Å². The van der Waals surface area contributed by atoms with Crippen LogP contribution in [0.25, 0.3) is 0 Å². The van der Waals surface area contributed by atoms with E-state index in [-0.39, 0.29) is 18.2 Å². The van der Waals surface area contributed by atoms with Crippen molar-refractivity contribution in [3.8, 4) is 0 Å². The van der Waals surface area contributed by atoms with E-state index in [1.54, 1.807) is 0 Å². The van der Waals surface area contributed by atoms with Crippen LogP contribution in [0.2, 0.25) is 0 Å². The molecule has 0 unspecified atom stereocenters. The van der Waals surface area contributed by atoms with Gasteiger partial charge < -0.3 is 5.73 Å². The summed E-state index contributed by atoms with van der Waals surface area (Å²) in [6.45, 7) is 0. The molecule has 44 valence electrons. The van der Waals surface area contributed by atoms with Crippen LogP contribution in [0, 0.1) is 5.41 Å². The number of hydrogen-bond acceptors (Lipinski definition) is 1. The van der Waals surface area contributed by atoms with E-state index in [0.29, 0.717) is 12.3 Å². The van der Waals surface area contributed by atoms with E-state index < -0.39 is 0 Å². The number of alkyl halides is 1. The van der Waals surface area contributed by atoms with Gasteiger partial charge >= 0.3 is 0 Å². The van der Waals surface area contributed by atoms with Gasteiger partial charge in [0.15, 0.2) is 0 Å². The van der Waals surface area contributed by atoms with Crippen LogP contribution in [-0.4, -0.2) is 11.7 Å². The molecule has 0 atom stereocenters. The zero-order valence-corrected chi connectivity index (χ0v) is 5.35. The molecule has 0 aromatic heterocycles. The summed E-state index contributed by atoms with van der Waals surface area (Å²) in [5.41, 5.74) is 4.90. The molecule has 0 radical (unpaired) electrons. The van der Waals surface area contributed by atoms with Crippen molar-refractivity contribution in [1.29, 1.82) is 5.41 Å². The Bertz CT molecular complexity index is 54.9. The number of halogens is 2.